The van der Waals surface area contributed by atoms with Crippen molar-refractivity contribution in [3.05, 3.63) is 40.5 Å². The summed E-state index contributed by atoms with van der Waals surface area (Å²) in [5.41, 5.74) is 5.71. The van der Waals surface area contributed by atoms with E-state index in [-0.39, 0.29) is 18.7 Å². The van der Waals surface area contributed by atoms with Crippen LogP contribution in [-0.2, 0) is 14.4 Å². The quantitative estimate of drug-likeness (QED) is 0.238. The topological polar surface area (TPSA) is 90.0 Å². The van der Waals surface area contributed by atoms with Gasteiger partial charge in [-0.15, -0.1) is 12.3 Å². The van der Waals surface area contributed by atoms with E-state index in [0.717, 1.165) is 35.8 Å². The standard InChI is InChI=1S/C27H34N4O4.C3H8.C3H4/c1-18-13-22(5-6-23(18)27(35)31(17-32)24-7-8-25(33)28-26(24)34)30-15-19(16-30)14-29-11-9-21(10-12-29)20-3-2-4-20;2*1-3-2/h5-6,13,17,19,24H,2-4,7-12,14-16H2,1H3,(H,28,33,34);3H2,1-2H3;1H,2H3. The number of likely N-dealkylation sites (tertiary alicyclic amines) is 1. The summed E-state index contributed by atoms with van der Waals surface area (Å²) in [4.78, 5) is 54.2. The first kappa shape index (κ1) is 32.1. The summed E-state index contributed by atoms with van der Waals surface area (Å²) in [6.45, 7) is 13.3. The molecule has 0 spiro atoms. The first-order chi connectivity index (χ1) is 19.8. The number of rotatable bonds is 6. The second-order valence-electron chi connectivity index (χ2n) is 11.4. The molecule has 0 radical (unpaired) electrons. The molecule has 8 heteroatoms. The first-order valence-electron chi connectivity index (χ1n) is 15.0. The molecule has 3 heterocycles. The zero-order chi connectivity index (χ0) is 29.9. The van der Waals surface area contributed by atoms with Crippen LogP contribution in [0.5, 0.6) is 0 Å². The Bertz CT molecular complexity index is 1160. The molecule has 1 unspecified atom stereocenters. The van der Waals surface area contributed by atoms with Crippen molar-refractivity contribution in [3.8, 4) is 12.3 Å². The van der Waals surface area contributed by atoms with Gasteiger partial charge < -0.3 is 9.80 Å². The molecular weight excluding hydrogens is 516 g/mol. The van der Waals surface area contributed by atoms with E-state index >= 15 is 0 Å². The number of piperidine rings is 2. The summed E-state index contributed by atoms with van der Waals surface area (Å²) in [6, 6.07) is 4.68. The Morgan fingerprint density at radius 3 is 2.22 bits per heavy atom. The molecule has 1 saturated carbocycles. The molecule has 4 fully saturated rings. The minimum atomic E-state index is -0.955. The summed E-state index contributed by atoms with van der Waals surface area (Å²) in [5.74, 6) is 1.41. The molecule has 8 nitrogen and oxygen atoms in total. The fraction of sp³-hybridized carbons (Fsp3) is 0.576. The molecule has 222 valence electrons. The number of aryl methyl sites for hydroxylation is 1. The molecule has 3 saturated heterocycles. The van der Waals surface area contributed by atoms with Gasteiger partial charge in [-0.3, -0.25) is 29.4 Å². The Labute approximate surface area is 245 Å². The van der Waals surface area contributed by atoms with Crippen LogP contribution in [0.15, 0.2) is 29.3 Å². The highest BCUT2D eigenvalue weighted by Crippen LogP contribution is 2.34. The summed E-state index contributed by atoms with van der Waals surface area (Å²) in [6.07, 6.45) is 13.0. The van der Waals surface area contributed by atoms with E-state index in [2.05, 4.69) is 41.3 Å². The highest BCUT2D eigenvalue weighted by Gasteiger charge is 2.36. The lowest BCUT2D eigenvalue weighted by Crippen LogP contribution is -2.54. The third-order valence-electron chi connectivity index (χ3n) is 8.09. The van der Waals surface area contributed by atoms with E-state index in [1.54, 1.807) is 24.1 Å². The van der Waals surface area contributed by atoms with Gasteiger partial charge in [0.1, 0.15) is 6.04 Å². The maximum absolute atomic E-state index is 13.1. The monoisotopic (exact) mass is 562 g/mol. The van der Waals surface area contributed by atoms with Crippen molar-refractivity contribution in [1.82, 2.24) is 15.1 Å². The smallest absolute Gasteiger partial charge is 0.261 e. The Morgan fingerprint density at radius 2 is 1.71 bits per heavy atom. The number of imide groups is 2. The van der Waals surface area contributed by atoms with E-state index in [9.17, 15) is 19.2 Å². The van der Waals surface area contributed by atoms with E-state index in [1.165, 1.54) is 51.6 Å². The lowest BCUT2D eigenvalue weighted by Gasteiger charge is -2.44. The molecule has 4 aliphatic rings. The highest BCUT2D eigenvalue weighted by molar-refractivity contribution is 6.07. The van der Waals surface area contributed by atoms with Crippen molar-refractivity contribution in [3.63, 3.8) is 0 Å². The Morgan fingerprint density at radius 1 is 1.10 bits per heavy atom. The molecule has 1 aromatic carbocycles. The van der Waals surface area contributed by atoms with Crippen LogP contribution in [0, 0.1) is 25.2 Å². The molecule has 1 aromatic rings. The number of allylic oxidation sites excluding steroid dienone is 1. The van der Waals surface area contributed by atoms with Crippen molar-refractivity contribution in [1.29, 1.82) is 0 Å². The first-order valence-corrected chi connectivity index (χ1v) is 15.0. The fourth-order valence-corrected chi connectivity index (χ4v) is 5.76. The zero-order valence-electron chi connectivity index (χ0n) is 25.2. The van der Waals surface area contributed by atoms with Gasteiger partial charge in [-0.05, 0) is 76.1 Å². The van der Waals surface area contributed by atoms with Crippen molar-refractivity contribution >= 4 is 29.8 Å². The lowest BCUT2D eigenvalue weighted by atomic mass is 9.84. The maximum atomic E-state index is 13.1. The second kappa shape index (κ2) is 15.5. The SMILES string of the molecule is C#CC.CCC.Cc1cc(N2CC(CN3CCC(=C4CCC4)CC3)C2)ccc1C(=O)N(C=O)C1CCC(=O)NC1=O. The zero-order valence-corrected chi connectivity index (χ0v) is 25.2. The van der Waals surface area contributed by atoms with Gasteiger partial charge in [0, 0.05) is 56.3 Å². The minimum Gasteiger partial charge on any atom is -0.371 e. The average molecular weight is 563 g/mol. The molecule has 4 amide bonds. The van der Waals surface area contributed by atoms with Gasteiger partial charge in [-0.2, -0.15) is 0 Å². The molecule has 1 N–H and O–H groups in total. The van der Waals surface area contributed by atoms with Crippen molar-refractivity contribution < 1.29 is 19.2 Å². The number of carbonyl (C=O) groups excluding carboxylic acids is 4. The van der Waals surface area contributed by atoms with E-state index in [4.69, 9.17) is 0 Å². The van der Waals surface area contributed by atoms with Gasteiger partial charge in [-0.25, -0.2) is 0 Å². The number of anilines is 1. The minimum absolute atomic E-state index is 0.110. The summed E-state index contributed by atoms with van der Waals surface area (Å²) in [7, 11) is 0. The van der Waals surface area contributed by atoms with Crippen molar-refractivity contribution in [2.24, 2.45) is 5.92 Å². The lowest BCUT2D eigenvalue weighted by molar-refractivity contribution is -0.139. The van der Waals surface area contributed by atoms with Crippen molar-refractivity contribution in [2.45, 2.75) is 85.1 Å². The number of amides is 4. The number of nitrogens with one attached hydrogen (secondary N) is 1. The number of terminal acetylenes is 1. The molecule has 1 aliphatic carbocycles. The Kier molecular flexibility index (Phi) is 12.2. The van der Waals surface area contributed by atoms with Crippen LogP contribution in [0.25, 0.3) is 0 Å². The molecule has 0 bridgehead atoms. The summed E-state index contributed by atoms with van der Waals surface area (Å²) >= 11 is 0. The average Bonchev–Trinajstić information content (AvgIpc) is 2.88. The van der Waals surface area contributed by atoms with Gasteiger partial charge >= 0.3 is 0 Å². The number of benzene rings is 1. The predicted octanol–water partition coefficient (Wildman–Crippen LogP) is 4.47. The number of hydrogen-bond acceptors (Lipinski definition) is 6. The summed E-state index contributed by atoms with van der Waals surface area (Å²) in [5, 5.41) is 2.21. The summed E-state index contributed by atoms with van der Waals surface area (Å²) < 4.78 is 0. The van der Waals surface area contributed by atoms with Gasteiger partial charge in [0.15, 0.2) is 0 Å². The maximum Gasteiger partial charge on any atom is 0.261 e. The van der Waals surface area contributed by atoms with Gasteiger partial charge in [0.25, 0.3) is 5.91 Å². The molecular formula is C33H46N4O4. The fourth-order valence-electron chi connectivity index (χ4n) is 5.76. The molecule has 5 rings (SSSR count). The molecule has 0 aromatic heterocycles. The van der Waals surface area contributed by atoms with Gasteiger partial charge in [0.05, 0.1) is 0 Å². The number of nitrogens with zero attached hydrogens (tertiary/aromatic N) is 3. The van der Waals surface area contributed by atoms with E-state index in [0.29, 0.717) is 17.9 Å². The molecule has 3 aliphatic heterocycles. The van der Waals surface area contributed by atoms with Gasteiger partial charge in [-0.1, -0.05) is 31.4 Å². The number of hydrogen-bond donors (Lipinski definition) is 1. The van der Waals surface area contributed by atoms with E-state index in [1.807, 2.05) is 19.1 Å². The number of carbonyl (C=O) groups is 4. The normalized spacial score (nSPS) is 20.7. The second-order valence-corrected chi connectivity index (χ2v) is 11.4. The highest BCUT2D eigenvalue weighted by atomic mass is 16.2. The third-order valence-corrected chi connectivity index (χ3v) is 8.09. The van der Waals surface area contributed by atoms with Crippen LogP contribution < -0.4 is 10.2 Å². The molecule has 1 atom stereocenters. The Hall–Kier alpha value is -3.44. The van der Waals surface area contributed by atoms with Crippen LogP contribution in [0.1, 0.15) is 88.1 Å². The predicted molar refractivity (Wildman–Crippen MR) is 162 cm³/mol. The van der Waals surface area contributed by atoms with Crippen LogP contribution in [0.4, 0.5) is 5.69 Å². The van der Waals surface area contributed by atoms with E-state index < -0.39 is 17.9 Å². The third kappa shape index (κ3) is 8.29. The van der Waals surface area contributed by atoms with Gasteiger partial charge in [0.2, 0.25) is 18.2 Å². The Balaban J connectivity index is 0.000000710. The van der Waals surface area contributed by atoms with Crippen LogP contribution >= 0.6 is 0 Å². The van der Waals surface area contributed by atoms with Crippen molar-refractivity contribution in [2.75, 3.05) is 37.6 Å². The van der Waals surface area contributed by atoms with Crippen LogP contribution in [0.3, 0.4) is 0 Å². The van der Waals surface area contributed by atoms with Crippen LogP contribution in [0.2, 0.25) is 0 Å². The largest absolute Gasteiger partial charge is 0.371 e. The van der Waals surface area contributed by atoms with Crippen LogP contribution in [-0.4, -0.2) is 72.7 Å². The molecule has 41 heavy (non-hydrogen) atoms.